The number of ether oxygens (including phenoxy) is 1. The van der Waals surface area contributed by atoms with Crippen LogP contribution in [0.1, 0.15) is 19.3 Å². The molecule has 1 fully saturated rings. The minimum absolute atomic E-state index is 0.134. The molecular formula is C17H19N3O3. The number of carbonyl (C=O) groups excluding carboxylic acids is 2. The third-order valence-electron chi connectivity index (χ3n) is 4.30. The average molecular weight is 313 g/mol. The third kappa shape index (κ3) is 3.11. The van der Waals surface area contributed by atoms with Gasteiger partial charge < -0.3 is 14.6 Å². The number of nitrogens with one attached hydrogen (secondary N) is 1. The largest absolute Gasteiger partial charge is 0.469 e. The van der Waals surface area contributed by atoms with Crippen molar-refractivity contribution in [2.75, 3.05) is 12.4 Å². The van der Waals surface area contributed by atoms with Crippen molar-refractivity contribution in [2.45, 2.75) is 19.3 Å². The molecule has 1 aromatic heterocycles. The van der Waals surface area contributed by atoms with Crippen molar-refractivity contribution < 1.29 is 14.3 Å². The second kappa shape index (κ2) is 6.64. The Labute approximate surface area is 134 Å². The summed E-state index contributed by atoms with van der Waals surface area (Å²) >= 11 is 0. The molecule has 0 unspecified atom stereocenters. The first-order valence-corrected chi connectivity index (χ1v) is 7.66. The first-order valence-electron chi connectivity index (χ1n) is 7.66. The number of imidazole rings is 1. The highest BCUT2D eigenvalue weighted by Crippen LogP contribution is 2.34. The molecule has 0 aliphatic heterocycles. The van der Waals surface area contributed by atoms with E-state index in [2.05, 4.69) is 10.3 Å². The van der Waals surface area contributed by atoms with Gasteiger partial charge in [-0.05, 0) is 25.0 Å². The summed E-state index contributed by atoms with van der Waals surface area (Å²) in [6, 6.07) is 7.51. The van der Waals surface area contributed by atoms with Gasteiger partial charge in [0.25, 0.3) is 0 Å². The fourth-order valence-corrected chi connectivity index (χ4v) is 3.14. The maximum atomic E-state index is 12.6. The Kier molecular flexibility index (Phi) is 4.41. The molecule has 1 N–H and O–H groups in total. The SMILES string of the molecule is COC(=O)[C@H]1CCC[C@H]1C(=O)Nc1ccccc1-n1ccnc1. The van der Waals surface area contributed by atoms with Crippen LogP contribution in [0.2, 0.25) is 0 Å². The van der Waals surface area contributed by atoms with Crippen LogP contribution >= 0.6 is 0 Å². The number of amides is 1. The number of aromatic nitrogens is 2. The Balaban J connectivity index is 1.80. The highest BCUT2D eigenvalue weighted by Gasteiger charge is 2.38. The minimum atomic E-state index is -0.347. The maximum Gasteiger partial charge on any atom is 0.309 e. The van der Waals surface area contributed by atoms with Crippen LogP contribution in [0.15, 0.2) is 43.0 Å². The predicted octanol–water partition coefficient (Wildman–Crippen LogP) is 2.40. The Bertz CT molecular complexity index is 697. The predicted molar refractivity (Wildman–Crippen MR) is 85.0 cm³/mol. The molecule has 1 aromatic carbocycles. The number of nitrogens with zero attached hydrogens (tertiary/aromatic N) is 2. The number of carbonyl (C=O) groups is 2. The van der Waals surface area contributed by atoms with E-state index in [9.17, 15) is 9.59 Å². The molecule has 6 heteroatoms. The lowest BCUT2D eigenvalue weighted by molar-refractivity contribution is -0.148. The molecule has 0 spiro atoms. The minimum Gasteiger partial charge on any atom is -0.469 e. The zero-order valence-corrected chi connectivity index (χ0v) is 12.9. The average Bonchev–Trinajstić information content (AvgIpc) is 3.26. The van der Waals surface area contributed by atoms with Gasteiger partial charge in [0.15, 0.2) is 0 Å². The van der Waals surface area contributed by atoms with E-state index in [1.165, 1.54) is 7.11 Å². The number of esters is 1. The van der Waals surface area contributed by atoms with E-state index in [0.29, 0.717) is 18.5 Å². The Morgan fingerprint density at radius 2 is 2.04 bits per heavy atom. The van der Waals surface area contributed by atoms with E-state index < -0.39 is 0 Å². The van der Waals surface area contributed by atoms with E-state index in [0.717, 1.165) is 12.1 Å². The molecule has 3 rings (SSSR count). The van der Waals surface area contributed by atoms with Gasteiger partial charge in [0, 0.05) is 12.4 Å². The van der Waals surface area contributed by atoms with Crippen molar-refractivity contribution in [1.29, 1.82) is 0 Å². The number of methoxy groups -OCH3 is 1. The summed E-state index contributed by atoms with van der Waals surface area (Å²) in [5, 5.41) is 2.95. The summed E-state index contributed by atoms with van der Waals surface area (Å²) in [6.45, 7) is 0. The quantitative estimate of drug-likeness (QED) is 0.880. The van der Waals surface area contributed by atoms with Crippen molar-refractivity contribution >= 4 is 17.6 Å². The van der Waals surface area contributed by atoms with Crippen molar-refractivity contribution in [3.63, 3.8) is 0 Å². The van der Waals surface area contributed by atoms with Crippen LogP contribution in [0.25, 0.3) is 5.69 Å². The van der Waals surface area contributed by atoms with Crippen LogP contribution in [-0.2, 0) is 14.3 Å². The highest BCUT2D eigenvalue weighted by molar-refractivity contribution is 5.97. The molecule has 1 aliphatic carbocycles. The molecule has 0 saturated heterocycles. The second-order valence-corrected chi connectivity index (χ2v) is 5.64. The summed E-state index contributed by atoms with van der Waals surface area (Å²) in [7, 11) is 1.37. The lowest BCUT2D eigenvalue weighted by atomic mass is 9.95. The summed E-state index contributed by atoms with van der Waals surface area (Å²) in [4.78, 5) is 28.5. The summed E-state index contributed by atoms with van der Waals surface area (Å²) in [6.07, 6.45) is 7.45. The molecule has 6 nitrogen and oxygen atoms in total. The lowest BCUT2D eigenvalue weighted by Gasteiger charge is -2.18. The smallest absolute Gasteiger partial charge is 0.309 e. The van der Waals surface area contributed by atoms with Gasteiger partial charge in [0.1, 0.15) is 0 Å². The van der Waals surface area contributed by atoms with Gasteiger partial charge >= 0.3 is 5.97 Å². The summed E-state index contributed by atoms with van der Waals surface area (Å²) in [5.41, 5.74) is 1.54. The first-order chi connectivity index (χ1) is 11.2. The molecule has 2 aromatic rings. The molecule has 1 saturated carbocycles. The van der Waals surface area contributed by atoms with Crippen molar-refractivity contribution in [3.05, 3.63) is 43.0 Å². The van der Waals surface area contributed by atoms with E-state index in [4.69, 9.17) is 4.74 Å². The Hall–Kier alpha value is -2.63. The number of hydrogen-bond acceptors (Lipinski definition) is 4. The van der Waals surface area contributed by atoms with Crippen LogP contribution in [0.5, 0.6) is 0 Å². The summed E-state index contributed by atoms with van der Waals surface area (Å²) < 4.78 is 6.65. The van der Waals surface area contributed by atoms with Gasteiger partial charge in [0.2, 0.25) is 5.91 Å². The maximum absolute atomic E-state index is 12.6. The van der Waals surface area contributed by atoms with Gasteiger partial charge in [0.05, 0.1) is 36.6 Å². The lowest BCUT2D eigenvalue weighted by Crippen LogP contribution is -2.31. The van der Waals surface area contributed by atoms with E-state index >= 15 is 0 Å². The fraction of sp³-hybridized carbons (Fsp3) is 0.353. The Morgan fingerprint density at radius 1 is 1.26 bits per heavy atom. The molecule has 2 atom stereocenters. The first kappa shape index (κ1) is 15.3. The van der Waals surface area contributed by atoms with Gasteiger partial charge in [-0.15, -0.1) is 0 Å². The van der Waals surface area contributed by atoms with E-state index in [-0.39, 0.29) is 23.7 Å². The zero-order chi connectivity index (χ0) is 16.2. The number of rotatable bonds is 4. The van der Waals surface area contributed by atoms with Crippen LogP contribution in [-0.4, -0.2) is 28.5 Å². The molecule has 1 heterocycles. The van der Waals surface area contributed by atoms with Crippen molar-refractivity contribution in [1.82, 2.24) is 9.55 Å². The molecule has 1 amide bonds. The van der Waals surface area contributed by atoms with Gasteiger partial charge in [-0.3, -0.25) is 9.59 Å². The zero-order valence-electron chi connectivity index (χ0n) is 12.9. The third-order valence-corrected chi connectivity index (χ3v) is 4.30. The van der Waals surface area contributed by atoms with Crippen LogP contribution in [0.3, 0.4) is 0 Å². The molecular weight excluding hydrogens is 294 g/mol. The number of anilines is 1. The highest BCUT2D eigenvalue weighted by atomic mass is 16.5. The molecule has 120 valence electrons. The van der Waals surface area contributed by atoms with Crippen LogP contribution < -0.4 is 5.32 Å². The van der Waals surface area contributed by atoms with Crippen molar-refractivity contribution in [2.24, 2.45) is 11.8 Å². The standard InChI is InChI=1S/C17H19N3O3/c1-23-17(22)13-6-4-5-12(13)16(21)19-14-7-2-3-8-15(14)20-10-9-18-11-20/h2-3,7-13H,4-6H2,1H3,(H,19,21)/t12-,13+/m1/s1. The summed E-state index contributed by atoms with van der Waals surface area (Å²) in [5.74, 6) is -1.12. The van der Waals surface area contributed by atoms with Gasteiger partial charge in [-0.1, -0.05) is 18.6 Å². The van der Waals surface area contributed by atoms with E-state index in [1.807, 2.05) is 35.0 Å². The number of hydrogen-bond donors (Lipinski definition) is 1. The van der Waals surface area contributed by atoms with Gasteiger partial charge in [-0.2, -0.15) is 0 Å². The van der Waals surface area contributed by atoms with Crippen LogP contribution in [0, 0.1) is 11.8 Å². The molecule has 0 radical (unpaired) electrons. The van der Waals surface area contributed by atoms with E-state index in [1.54, 1.807) is 12.5 Å². The number of benzene rings is 1. The van der Waals surface area contributed by atoms with Gasteiger partial charge in [-0.25, -0.2) is 4.98 Å². The topological polar surface area (TPSA) is 73.2 Å². The van der Waals surface area contributed by atoms with Crippen LogP contribution in [0.4, 0.5) is 5.69 Å². The Morgan fingerprint density at radius 3 is 2.78 bits per heavy atom. The second-order valence-electron chi connectivity index (χ2n) is 5.64. The molecule has 23 heavy (non-hydrogen) atoms. The number of para-hydroxylation sites is 2. The molecule has 1 aliphatic rings. The molecule has 0 bridgehead atoms. The van der Waals surface area contributed by atoms with Crippen molar-refractivity contribution in [3.8, 4) is 5.69 Å². The normalized spacial score (nSPS) is 20.2. The fourth-order valence-electron chi connectivity index (χ4n) is 3.14. The monoisotopic (exact) mass is 313 g/mol.